The Hall–Kier alpha value is -0.120. The molecule has 2 aliphatic rings. The van der Waals surface area contributed by atoms with Gasteiger partial charge in [0.1, 0.15) is 0 Å². The highest BCUT2D eigenvalue weighted by Crippen LogP contribution is 2.22. The molecule has 1 aliphatic carbocycles. The van der Waals surface area contributed by atoms with Gasteiger partial charge in [0, 0.05) is 37.8 Å². The third kappa shape index (κ3) is 3.67. The highest BCUT2D eigenvalue weighted by Gasteiger charge is 2.31. The molecule has 0 radical (unpaired) electrons. The highest BCUT2D eigenvalue weighted by molar-refractivity contribution is 4.90. The zero-order chi connectivity index (χ0) is 12.4. The first-order chi connectivity index (χ1) is 8.08. The fourth-order valence-corrected chi connectivity index (χ4v) is 2.85. The van der Waals surface area contributed by atoms with Crippen LogP contribution in [0.3, 0.4) is 0 Å². The molecule has 17 heavy (non-hydrogen) atoms. The van der Waals surface area contributed by atoms with Crippen molar-refractivity contribution in [3.05, 3.63) is 0 Å². The summed E-state index contributed by atoms with van der Waals surface area (Å²) in [4.78, 5) is 5.08. The van der Waals surface area contributed by atoms with Gasteiger partial charge in [-0.15, -0.1) is 0 Å². The second-order valence-electron chi connectivity index (χ2n) is 6.39. The van der Waals surface area contributed by atoms with Crippen molar-refractivity contribution in [1.82, 2.24) is 15.1 Å². The van der Waals surface area contributed by atoms with Gasteiger partial charge in [0.15, 0.2) is 0 Å². The Morgan fingerprint density at radius 1 is 1.24 bits per heavy atom. The molecule has 0 bridgehead atoms. The van der Waals surface area contributed by atoms with Gasteiger partial charge in [-0.25, -0.2) is 0 Å². The van der Waals surface area contributed by atoms with Gasteiger partial charge in [-0.05, 0) is 39.3 Å². The normalized spacial score (nSPS) is 28.2. The van der Waals surface area contributed by atoms with E-state index in [1.807, 2.05) is 0 Å². The molecule has 2 unspecified atom stereocenters. The predicted molar refractivity (Wildman–Crippen MR) is 73.3 cm³/mol. The van der Waals surface area contributed by atoms with E-state index in [-0.39, 0.29) is 0 Å². The molecule has 2 fully saturated rings. The molecular weight excluding hydrogens is 210 g/mol. The summed E-state index contributed by atoms with van der Waals surface area (Å²) in [6.45, 7) is 8.44. The standard InChI is InChI=1S/C14H29N3/c1-11(2)14(9-15-12-5-6-12)17-8-7-13(10-17)16(3)4/h11-15H,5-10H2,1-4H3. The quantitative estimate of drug-likeness (QED) is 0.756. The minimum absolute atomic E-state index is 0.723. The van der Waals surface area contributed by atoms with Crippen LogP contribution in [0, 0.1) is 5.92 Å². The molecular formula is C14H29N3. The maximum absolute atomic E-state index is 3.70. The Bertz CT molecular complexity index is 236. The van der Waals surface area contributed by atoms with Crippen molar-refractivity contribution in [2.45, 2.75) is 51.2 Å². The van der Waals surface area contributed by atoms with Crippen molar-refractivity contribution >= 4 is 0 Å². The maximum atomic E-state index is 3.70. The van der Waals surface area contributed by atoms with E-state index in [0.29, 0.717) is 0 Å². The average Bonchev–Trinajstić information content (AvgIpc) is 2.94. The van der Waals surface area contributed by atoms with E-state index in [1.54, 1.807) is 0 Å². The van der Waals surface area contributed by atoms with Crippen LogP contribution >= 0.6 is 0 Å². The van der Waals surface area contributed by atoms with Crippen LogP contribution in [-0.2, 0) is 0 Å². The van der Waals surface area contributed by atoms with E-state index >= 15 is 0 Å². The fourth-order valence-electron chi connectivity index (χ4n) is 2.85. The van der Waals surface area contributed by atoms with Crippen LogP contribution in [0.2, 0.25) is 0 Å². The number of likely N-dealkylation sites (tertiary alicyclic amines) is 1. The molecule has 1 aliphatic heterocycles. The van der Waals surface area contributed by atoms with Crippen LogP contribution in [0.15, 0.2) is 0 Å². The van der Waals surface area contributed by atoms with Crippen molar-refractivity contribution in [3.8, 4) is 0 Å². The lowest BCUT2D eigenvalue weighted by molar-refractivity contribution is 0.171. The fraction of sp³-hybridized carbons (Fsp3) is 1.00. The van der Waals surface area contributed by atoms with E-state index in [9.17, 15) is 0 Å². The van der Waals surface area contributed by atoms with Gasteiger partial charge in [0.05, 0.1) is 0 Å². The minimum Gasteiger partial charge on any atom is -0.312 e. The lowest BCUT2D eigenvalue weighted by Crippen LogP contribution is -2.46. The van der Waals surface area contributed by atoms with Crippen LogP contribution < -0.4 is 5.32 Å². The number of likely N-dealkylation sites (N-methyl/N-ethyl adjacent to an activating group) is 1. The number of hydrogen-bond donors (Lipinski definition) is 1. The lowest BCUT2D eigenvalue weighted by atomic mass is 10.0. The third-order valence-corrected chi connectivity index (χ3v) is 4.36. The van der Waals surface area contributed by atoms with Gasteiger partial charge in [0.2, 0.25) is 0 Å². The molecule has 0 aromatic heterocycles. The number of rotatable bonds is 6. The summed E-state index contributed by atoms with van der Waals surface area (Å²) >= 11 is 0. The van der Waals surface area contributed by atoms with Gasteiger partial charge in [-0.2, -0.15) is 0 Å². The zero-order valence-electron chi connectivity index (χ0n) is 11.9. The number of nitrogens with zero attached hydrogens (tertiary/aromatic N) is 2. The van der Waals surface area contributed by atoms with E-state index in [2.05, 4.69) is 43.1 Å². The SMILES string of the molecule is CC(C)C(CNC1CC1)N1CCC(N(C)C)C1. The Kier molecular flexibility index (Phi) is 4.45. The molecule has 1 saturated heterocycles. The van der Waals surface area contributed by atoms with Crippen LogP contribution in [0.5, 0.6) is 0 Å². The summed E-state index contributed by atoms with van der Waals surface area (Å²) in [5.74, 6) is 0.752. The molecule has 3 heteroatoms. The largest absolute Gasteiger partial charge is 0.312 e. The van der Waals surface area contributed by atoms with Gasteiger partial charge >= 0.3 is 0 Å². The first kappa shape index (κ1) is 13.3. The van der Waals surface area contributed by atoms with E-state index in [0.717, 1.165) is 24.0 Å². The smallest absolute Gasteiger partial charge is 0.0244 e. The maximum Gasteiger partial charge on any atom is 0.0244 e. The van der Waals surface area contributed by atoms with Crippen molar-refractivity contribution in [2.75, 3.05) is 33.7 Å². The second-order valence-corrected chi connectivity index (χ2v) is 6.39. The van der Waals surface area contributed by atoms with Crippen molar-refractivity contribution in [1.29, 1.82) is 0 Å². The summed E-state index contributed by atoms with van der Waals surface area (Å²) in [5, 5.41) is 3.70. The van der Waals surface area contributed by atoms with Crippen molar-refractivity contribution < 1.29 is 0 Å². The van der Waals surface area contributed by atoms with E-state index < -0.39 is 0 Å². The van der Waals surface area contributed by atoms with Crippen LogP contribution in [-0.4, -0.2) is 61.7 Å². The molecule has 0 spiro atoms. The second kappa shape index (κ2) is 5.68. The molecule has 2 atom stereocenters. The van der Waals surface area contributed by atoms with Crippen LogP contribution in [0.1, 0.15) is 33.1 Å². The third-order valence-electron chi connectivity index (χ3n) is 4.36. The Morgan fingerprint density at radius 2 is 1.94 bits per heavy atom. The Morgan fingerprint density at radius 3 is 2.41 bits per heavy atom. The van der Waals surface area contributed by atoms with Gasteiger partial charge in [0.25, 0.3) is 0 Å². The topological polar surface area (TPSA) is 18.5 Å². The molecule has 0 aromatic rings. The Balaban J connectivity index is 1.82. The highest BCUT2D eigenvalue weighted by atomic mass is 15.3. The monoisotopic (exact) mass is 239 g/mol. The number of hydrogen-bond acceptors (Lipinski definition) is 3. The molecule has 0 aromatic carbocycles. The predicted octanol–water partition coefficient (Wildman–Crippen LogP) is 1.40. The molecule has 2 rings (SSSR count). The van der Waals surface area contributed by atoms with E-state index in [1.165, 1.54) is 38.9 Å². The van der Waals surface area contributed by atoms with Gasteiger partial charge < -0.3 is 10.2 Å². The zero-order valence-corrected chi connectivity index (χ0v) is 11.9. The summed E-state index contributed by atoms with van der Waals surface area (Å²) in [6.07, 6.45) is 4.12. The number of nitrogens with one attached hydrogen (secondary N) is 1. The Labute approximate surface area is 107 Å². The molecule has 100 valence electrons. The van der Waals surface area contributed by atoms with Crippen molar-refractivity contribution in [2.24, 2.45) is 5.92 Å². The summed E-state index contributed by atoms with van der Waals surface area (Å²) in [7, 11) is 4.42. The first-order valence-electron chi connectivity index (χ1n) is 7.21. The molecule has 3 nitrogen and oxygen atoms in total. The van der Waals surface area contributed by atoms with Crippen LogP contribution in [0.4, 0.5) is 0 Å². The van der Waals surface area contributed by atoms with Gasteiger partial charge in [-0.1, -0.05) is 13.8 Å². The molecule has 1 N–H and O–H groups in total. The lowest BCUT2D eigenvalue weighted by Gasteiger charge is -2.32. The molecule has 0 amide bonds. The minimum atomic E-state index is 0.723. The first-order valence-corrected chi connectivity index (χ1v) is 7.21. The average molecular weight is 239 g/mol. The van der Waals surface area contributed by atoms with Crippen LogP contribution in [0.25, 0.3) is 0 Å². The molecule has 1 heterocycles. The molecule has 1 saturated carbocycles. The summed E-state index contributed by atoms with van der Waals surface area (Å²) in [5.41, 5.74) is 0. The summed E-state index contributed by atoms with van der Waals surface area (Å²) < 4.78 is 0. The van der Waals surface area contributed by atoms with E-state index in [4.69, 9.17) is 0 Å². The summed E-state index contributed by atoms with van der Waals surface area (Å²) in [6, 6.07) is 2.32. The van der Waals surface area contributed by atoms with Gasteiger partial charge in [-0.3, -0.25) is 4.90 Å². The van der Waals surface area contributed by atoms with Crippen molar-refractivity contribution in [3.63, 3.8) is 0 Å².